The van der Waals surface area contributed by atoms with E-state index in [-0.39, 0.29) is 0 Å². The second kappa shape index (κ2) is 6.12. The lowest BCUT2D eigenvalue weighted by molar-refractivity contribution is 0.774. The second-order valence-electron chi connectivity index (χ2n) is 6.65. The number of pyridine rings is 1. The number of nitrogens with zero attached hydrogens (tertiary/aromatic N) is 7. The van der Waals surface area contributed by atoms with Crippen LogP contribution in [0.3, 0.4) is 0 Å². The fraction of sp³-hybridized carbons (Fsp3) is 0.250. The van der Waals surface area contributed by atoms with Gasteiger partial charge in [0, 0.05) is 36.2 Å². The molecule has 1 aromatic carbocycles. The molecule has 0 saturated carbocycles. The Morgan fingerprint density at radius 2 is 1.70 bits per heavy atom. The molecule has 0 spiro atoms. The van der Waals surface area contributed by atoms with Crippen LogP contribution in [0.2, 0.25) is 0 Å². The summed E-state index contributed by atoms with van der Waals surface area (Å²) in [5.74, 6) is 2.44. The minimum Gasteiger partial charge on any atom is -0.241 e. The van der Waals surface area contributed by atoms with Gasteiger partial charge in [-0.05, 0) is 24.8 Å². The smallest absolute Gasteiger partial charge is 0.163 e. The molecular weight excluding hydrogens is 338 g/mol. The summed E-state index contributed by atoms with van der Waals surface area (Å²) >= 11 is 0. The number of hydrogen-bond donors (Lipinski definition) is 0. The van der Waals surface area contributed by atoms with Gasteiger partial charge in [-0.1, -0.05) is 31.2 Å². The molecule has 4 aromatic heterocycles. The molecule has 0 N–H and O–H groups in total. The average Bonchev–Trinajstić information content (AvgIpc) is 3.31. The predicted octanol–water partition coefficient (Wildman–Crippen LogP) is 2.98. The van der Waals surface area contributed by atoms with Crippen LogP contribution >= 0.6 is 0 Å². The van der Waals surface area contributed by atoms with Crippen LogP contribution in [0.5, 0.6) is 0 Å². The molecule has 0 amide bonds. The van der Waals surface area contributed by atoms with E-state index in [9.17, 15) is 0 Å². The molecule has 0 aliphatic rings. The highest BCUT2D eigenvalue weighted by atomic mass is 15.3. The minimum atomic E-state index is 0.694. The Labute approximate surface area is 155 Å². The summed E-state index contributed by atoms with van der Waals surface area (Å²) in [5.41, 5.74) is 2.89. The third-order valence-electron chi connectivity index (χ3n) is 4.88. The summed E-state index contributed by atoms with van der Waals surface area (Å²) in [6.45, 7) is 4.05. The Bertz CT molecular complexity index is 1280. The number of aryl methyl sites for hydroxylation is 4. The summed E-state index contributed by atoms with van der Waals surface area (Å²) in [7, 11) is 0. The van der Waals surface area contributed by atoms with Gasteiger partial charge in [0.15, 0.2) is 22.9 Å². The molecule has 134 valence electrons. The van der Waals surface area contributed by atoms with E-state index in [1.807, 2.05) is 40.5 Å². The normalized spacial score (nSPS) is 11.8. The molecular formula is C20H19N7. The quantitative estimate of drug-likeness (QED) is 0.494. The molecule has 5 rings (SSSR count). The first-order valence-corrected chi connectivity index (χ1v) is 9.16. The monoisotopic (exact) mass is 357 g/mol. The van der Waals surface area contributed by atoms with E-state index in [0.29, 0.717) is 12.8 Å². The van der Waals surface area contributed by atoms with Crippen LogP contribution in [0, 0.1) is 6.92 Å². The van der Waals surface area contributed by atoms with Gasteiger partial charge in [0.05, 0.1) is 0 Å². The van der Waals surface area contributed by atoms with Gasteiger partial charge in [-0.3, -0.25) is 0 Å². The zero-order valence-corrected chi connectivity index (χ0v) is 15.3. The Morgan fingerprint density at radius 3 is 2.56 bits per heavy atom. The van der Waals surface area contributed by atoms with Gasteiger partial charge in [-0.2, -0.15) is 9.61 Å². The van der Waals surface area contributed by atoms with Crippen LogP contribution in [0.15, 0.2) is 42.7 Å². The topological polar surface area (TPSA) is 73.3 Å². The molecule has 0 atom stereocenters. The second-order valence-corrected chi connectivity index (χ2v) is 6.65. The first-order valence-electron chi connectivity index (χ1n) is 9.16. The Kier molecular flexibility index (Phi) is 3.60. The highest BCUT2D eigenvalue weighted by molar-refractivity contribution is 5.93. The number of rotatable bonds is 4. The summed E-state index contributed by atoms with van der Waals surface area (Å²) in [6, 6.07) is 10.3. The van der Waals surface area contributed by atoms with Crippen molar-refractivity contribution in [3.63, 3.8) is 0 Å². The van der Waals surface area contributed by atoms with Crippen molar-refractivity contribution in [2.75, 3.05) is 0 Å². The van der Waals surface area contributed by atoms with Crippen LogP contribution in [0.25, 0.3) is 22.1 Å². The average molecular weight is 357 g/mol. The summed E-state index contributed by atoms with van der Waals surface area (Å²) in [6.07, 6.45) is 6.12. The van der Waals surface area contributed by atoms with Crippen molar-refractivity contribution in [3.05, 3.63) is 65.8 Å². The molecule has 0 radical (unpaired) electrons. The maximum absolute atomic E-state index is 4.74. The molecule has 4 heterocycles. The lowest BCUT2D eigenvalue weighted by Gasteiger charge is -2.00. The minimum absolute atomic E-state index is 0.694. The maximum atomic E-state index is 4.74. The van der Waals surface area contributed by atoms with Crippen LogP contribution in [-0.2, 0) is 19.3 Å². The van der Waals surface area contributed by atoms with Crippen molar-refractivity contribution >= 4 is 22.1 Å². The summed E-state index contributed by atoms with van der Waals surface area (Å²) in [4.78, 5) is 13.9. The Balaban J connectivity index is 1.47. The van der Waals surface area contributed by atoms with Crippen molar-refractivity contribution in [2.45, 2.75) is 33.1 Å². The number of hydrogen-bond acceptors (Lipinski definition) is 5. The largest absolute Gasteiger partial charge is 0.241 e. The molecule has 0 aliphatic heterocycles. The van der Waals surface area contributed by atoms with Crippen LogP contribution in [-0.4, -0.2) is 34.2 Å². The third kappa shape index (κ3) is 2.63. The molecule has 0 bridgehead atoms. The van der Waals surface area contributed by atoms with Gasteiger partial charge >= 0.3 is 0 Å². The highest BCUT2D eigenvalue weighted by Gasteiger charge is 2.12. The van der Waals surface area contributed by atoms with Crippen LogP contribution in [0.1, 0.15) is 30.0 Å². The van der Waals surface area contributed by atoms with E-state index in [4.69, 9.17) is 9.97 Å². The first kappa shape index (κ1) is 15.9. The Morgan fingerprint density at radius 1 is 0.926 bits per heavy atom. The van der Waals surface area contributed by atoms with Crippen molar-refractivity contribution < 1.29 is 0 Å². The van der Waals surface area contributed by atoms with Gasteiger partial charge in [0.1, 0.15) is 5.82 Å². The SMILES string of the molecule is CCc1cnc(C)n2nc(CCc3nc4c5ccccc5ccn4n3)nc12. The number of fused-ring (bicyclic) bond motifs is 4. The van der Waals surface area contributed by atoms with E-state index in [0.717, 1.165) is 46.1 Å². The number of aromatic nitrogens is 7. The zero-order chi connectivity index (χ0) is 18.4. The zero-order valence-electron chi connectivity index (χ0n) is 15.3. The van der Waals surface area contributed by atoms with Gasteiger partial charge in [-0.15, -0.1) is 5.10 Å². The fourth-order valence-electron chi connectivity index (χ4n) is 3.41. The van der Waals surface area contributed by atoms with Crippen LogP contribution < -0.4 is 0 Å². The van der Waals surface area contributed by atoms with Crippen molar-refractivity contribution in [3.8, 4) is 0 Å². The standard InChI is InChI=1S/C20H19N7/c1-3-14-12-21-13(2)27-19(14)22-18(25-27)9-8-17-23-20-16-7-5-4-6-15(16)10-11-26(20)24-17/h4-7,10-12H,3,8-9H2,1-2H3. The van der Waals surface area contributed by atoms with E-state index in [1.54, 1.807) is 0 Å². The fourth-order valence-corrected chi connectivity index (χ4v) is 3.41. The highest BCUT2D eigenvalue weighted by Crippen LogP contribution is 2.18. The summed E-state index contributed by atoms with van der Waals surface area (Å²) in [5, 5.41) is 11.5. The third-order valence-corrected chi connectivity index (χ3v) is 4.88. The molecule has 0 aliphatic carbocycles. The first-order chi connectivity index (χ1) is 13.2. The van der Waals surface area contributed by atoms with E-state index in [1.165, 1.54) is 5.39 Å². The molecule has 7 heteroatoms. The molecule has 27 heavy (non-hydrogen) atoms. The van der Waals surface area contributed by atoms with E-state index >= 15 is 0 Å². The van der Waals surface area contributed by atoms with Gasteiger partial charge in [0.25, 0.3) is 0 Å². The molecule has 0 saturated heterocycles. The van der Waals surface area contributed by atoms with Crippen molar-refractivity contribution in [2.24, 2.45) is 0 Å². The Hall–Kier alpha value is -3.35. The predicted molar refractivity (Wildman–Crippen MR) is 103 cm³/mol. The molecule has 5 aromatic rings. The maximum Gasteiger partial charge on any atom is 0.163 e. The van der Waals surface area contributed by atoms with Gasteiger partial charge in [-0.25, -0.2) is 19.5 Å². The van der Waals surface area contributed by atoms with Crippen molar-refractivity contribution in [1.82, 2.24) is 34.2 Å². The number of benzene rings is 1. The lowest BCUT2D eigenvalue weighted by Crippen LogP contribution is -2.00. The van der Waals surface area contributed by atoms with E-state index < -0.39 is 0 Å². The molecule has 0 fully saturated rings. The van der Waals surface area contributed by atoms with Crippen LogP contribution in [0.4, 0.5) is 0 Å². The lowest BCUT2D eigenvalue weighted by atomic mass is 10.2. The van der Waals surface area contributed by atoms with Crippen molar-refractivity contribution in [1.29, 1.82) is 0 Å². The summed E-state index contributed by atoms with van der Waals surface area (Å²) < 4.78 is 3.68. The van der Waals surface area contributed by atoms with E-state index in [2.05, 4.69) is 40.3 Å². The van der Waals surface area contributed by atoms with Gasteiger partial charge in [0.2, 0.25) is 0 Å². The molecule has 0 unspecified atom stereocenters. The van der Waals surface area contributed by atoms with Gasteiger partial charge < -0.3 is 0 Å². The molecule has 7 nitrogen and oxygen atoms in total.